The van der Waals surface area contributed by atoms with Gasteiger partial charge in [0, 0.05) is 0 Å². The van der Waals surface area contributed by atoms with Crippen molar-refractivity contribution in [2.75, 3.05) is 6.61 Å². The minimum absolute atomic E-state index is 0.0709. The number of hydroxylamine groups is 2. The van der Waals surface area contributed by atoms with Crippen LogP contribution in [0.4, 0.5) is 0 Å². The number of imide groups is 1. The highest BCUT2D eigenvalue weighted by Crippen LogP contribution is 2.37. The minimum atomic E-state index is -0.458. The van der Waals surface area contributed by atoms with Crippen LogP contribution in [0.1, 0.15) is 61.2 Å². The van der Waals surface area contributed by atoms with E-state index in [2.05, 4.69) is 36.3 Å². The summed E-state index contributed by atoms with van der Waals surface area (Å²) in [6.45, 7) is 10.8. The lowest BCUT2D eigenvalue weighted by molar-refractivity contribution is -0.0946. The first kappa shape index (κ1) is 21.3. The smallest absolute Gasteiger partial charge is 0.285 e. The summed E-state index contributed by atoms with van der Waals surface area (Å²) in [7, 11) is 0.596. The van der Waals surface area contributed by atoms with Crippen molar-refractivity contribution in [3.8, 4) is 0 Å². The summed E-state index contributed by atoms with van der Waals surface area (Å²) in [6.07, 6.45) is -0.0800. The molecule has 0 saturated heterocycles. The molecule has 0 radical (unpaired) electrons. The molecule has 0 bridgehead atoms. The average Bonchev–Trinajstić information content (AvgIpc) is 3.21. The lowest BCUT2D eigenvalue weighted by Gasteiger charge is -2.41. The standard InChI is InChI=1S/C19H27N5O4Si/c1-18(2,3)16(28-29)19(4,5)17-20-21-22-23(17)10-11-27-24-14(25)12-8-6-7-9-13(12)15(24)26/h6-9,16H,10-11H2,1-5,29H3. The van der Waals surface area contributed by atoms with Gasteiger partial charge in [0.2, 0.25) is 0 Å². The number of tetrazole rings is 1. The summed E-state index contributed by atoms with van der Waals surface area (Å²) in [5.74, 6) is -0.251. The average molecular weight is 418 g/mol. The van der Waals surface area contributed by atoms with Crippen LogP contribution in [-0.2, 0) is 21.2 Å². The number of carbonyl (C=O) groups excluding carboxylic acids is 2. The summed E-state index contributed by atoms with van der Waals surface area (Å²) in [4.78, 5) is 30.3. The molecule has 2 amide bonds. The first-order valence-corrected chi connectivity index (χ1v) is 10.3. The number of aromatic nitrogens is 4. The molecule has 1 atom stereocenters. The zero-order valence-corrected chi connectivity index (χ0v) is 19.7. The zero-order valence-electron chi connectivity index (χ0n) is 17.7. The quantitative estimate of drug-likeness (QED) is 0.487. The Balaban J connectivity index is 1.71. The maximum atomic E-state index is 12.4. The van der Waals surface area contributed by atoms with Crippen LogP contribution < -0.4 is 0 Å². The van der Waals surface area contributed by atoms with E-state index in [1.807, 2.05) is 13.8 Å². The third kappa shape index (κ3) is 3.87. The Labute approximate surface area is 172 Å². The summed E-state index contributed by atoms with van der Waals surface area (Å²) in [6, 6.07) is 6.66. The first-order valence-electron chi connectivity index (χ1n) is 9.49. The summed E-state index contributed by atoms with van der Waals surface area (Å²) < 4.78 is 7.55. The Hall–Kier alpha value is -2.43. The molecule has 0 saturated carbocycles. The predicted octanol–water partition coefficient (Wildman–Crippen LogP) is 0.890. The SMILES string of the molecule is CC(C)(C)C(O[SiH3])C(C)(C)c1nnnn1CCON1C(=O)c2ccccc2C1=O. The molecular formula is C19H27N5O4Si. The molecule has 156 valence electrons. The van der Waals surface area contributed by atoms with Crippen LogP contribution in [0.2, 0.25) is 0 Å². The highest BCUT2D eigenvalue weighted by atomic mass is 28.2. The molecule has 3 rings (SSSR count). The van der Waals surface area contributed by atoms with E-state index in [1.54, 1.807) is 28.9 Å². The van der Waals surface area contributed by atoms with E-state index in [4.69, 9.17) is 9.26 Å². The summed E-state index contributed by atoms with van der Waals surface area (Å²) >= 11 is 0. The number of hydrogen-bond acceptors (Lipinski definition) is 7. The van der Waals surface area contributed by atoms with E-state index < -0.39 is 17.2 Å². The van der Waals surface area contributed by atoms with E-state index in [9.17, 15) is 9.59 Å². The van der Waals surface area contributed by atoms with Gasteiger partial charge < -0.3 is 4.43 Å². The number of carbonyl (C=O) groups is 2. The van der Waals surface area contributed by atoms with Crippen LogP contribution in [0.3, 0.4) is 0 Å². The van der Waals surface area contributed by atoms with E-state index in [0.717, 1.165) is 5.06 Å². The van der Waals surface area contributed by atoms with Crippen LogP contribution in [0.25, 0.3) is 0 Å². The second-order valence-corrected chi connectivity index (χ2v) is 9.18. The summed E-state index contributed by atoms with van der Waals surface area (Å²) in [5, 5.41) is 12.9. The van der Waals surface area contributed by atoms with Crippen molar-refractivity contribution in [2.45, 2.75) is 52.7 Å². The Morgan fingerprint density at radius 2 is 1.66 bits per heavy atom. The van der Waals surface area contributed by atoms with Gasteiger partial charge in [-0.05, 0) is 28.0 Å². The molecule has 1 unspecified atom stereocenters. The van der Waals surface area contributed by atoms with Crippen LogP contribution in [-0.4, -0.2) is 60.3 Å². The fraction of sp³-hybridized carbons (Fsp3) is 0.526. The normalized spacial score (nSPS) is 15.8. The third-order valence-corrected chi connectivity index (χ3v) is 5.54. The molecule has 2 heterocycles. The molecule has 10 heteroatoms. The molecule has 1 aromatic carbocycles. The second kappa shape index (κ2) is 7.77. The Bertz CT molecular complexity index is 886. The number of rotatable bonds is 7. The van der Waals surface area contributed by atoms with E-state index in [-0.39, 0.29) is 24.7 Å². The largest absolute Gasteiger partial charge is 0.424 e. The Morgan fingerprint density at radius 3 is 2.17 bits per heavy atom. The molecule has 1 aliphatic heterocycles. The van der Waals surface area contributed by atoms with Gasteiger partial charge in [0.05, 0.1) is 35.8 Å². The fourth-order valence-electron chi connectivity index (χ4n) is 4.17. The first-order chi connectivity index (χ1) is 13.6. The van der Waals surface area contributed by atoms with Gasteiger partial charge >= 0.3 is 0 Å². The lowest BCUT2D eigenvalue weighted by Crippen LogP contribution is -2.46. The number of hydrogen-bond donors (Lipinski definition) is 0. The van der Waals surface area contributed by atoms with Crippen molar-refractivity contribution in [3.05, 3.63) is 41.2 Å². The van der Waals surface area contributed by atoms with Crippen molar-refractivity contribution in [2.24, 2.45) is 5.41 Å². The van der Waals surface area contributed by atoms with Crippen molar-refractivity contribution in [1.29, 1.82) is 0 Å². The van der Waals surface area contributed by atoms with Gasteiger partial charge in [-0.25, -0.2) is 4.68 Å². The molecule has 29 heavy (non-hydrogen) atoms. The predicted molar refractivity (Wildman–Crippen MR) is 108 cm³/mol. The number of fused-ring (bicyclic) bond motifs is 1. The van der Waals surface area contributed by atoms with Gasteiger partial charge in [-0.3, -0.25) is 14.4 Å². The molecule has 0 fully saturated rings. The maximum absolute atomic E-state index is 12.4. The highest BCUT2D eigenvalue weighted by Gasteiger charge is 2.43. The van der Waals surface area contributed by atoms with Gasteiger partial charge in [-0.15, -0.1) is 10.2 Å². The van der Waals surface area contributed by atoms with Crippen LogP contribution >= 0.6 is 0 Å². The highest BCUT2D eigenvalue weighted by molar-refractivity contribution is 6.20. The molecule has 9 nitrogen and oxygen atoms in total. The van der Waals surface area contributed by atoms with E-state index in [0.29, 0.717) is 27.4 Å². The van der Waals surface area contributed by atoms with Crippen molar-refractivity contribution in [3.63, 3.8) is 0 Å². The summed E-state index contributed by atoms with van der Waals surface area (Å²) in [5.41, 5.74) is 0.149. The molecule has 0 N–H and O–H groups in total. The topological polar surface area (TPSA) is 99.4 Å². The zero-order chi connectivity index (χ0) is 21.4. The number of benzene rings is 1. The van der Waals surface area contributed by atoms with Gasteiger partial charge in [-0.2, -0.15) is 0 Å². The maximum Gasteiger partial charge on any atom is 0.285 e. The Morgan fingerprint density at radius 1 is 1.07 bits per heavy atom. The number of amides is 2. The molecule has 2 aromatic rings. The second-order valence-electron chi connectivity index (χ2n) is 8.71. The molecule has 0 aliphatic carbocycles. The van der Waals surface area contributed by atoms with Gasteiger partial charge in [-0.1, -0.05) is 46.8 Å². The Kier molecular flexibility index (Phi) is 5.70. The molecule has 1 aliphatic rings. The number of nitrogens with zero attached hydrogens (tertiary/aromatic N) is 5. The van der Waals surface area contributed by atoms with Crippen LogP contribution in [0.15, 0.2) is 24.3 Å². The minimum Gasteiger partial charge on any atom is -0.424 e. The molecular weight excluding hydrogens is 390 g/mol. The van der Waals surface area contributed by atoms with Gasteiger partial charge in [0.15, 0.2) is 5.82 Å². The van der Waals surface area contributed by atoms with Gasteiger partial charge in [0.1, 0.15) is 10.5 Å². The van der Waals surface area contributed by atoms with Crippen LogP contribution in [0, 0.1) is 5.41 Å². The van der Waals surface area contributed by atoms with E-state index >= 15 is 0 Å². The molecule has 1 aromatic heterocycles. The van der Waals surface area contributed by atoms with Crippen molar-refractivity contribution < 1.29 is 18.9 Å². The molecule has 0 spiro atoms. The van der Waals surface area contributed by atoms with Gasteiger partial charge in [0.25, 0.3) is 11.8 Å². The van der Waals surface area contributed by atoms with E-state index in [1.165, 1.54) is 0 Å². The third-order valence-electron chi connectivity index (χ3n) is 5.07. The lowest BCUT2D eigenvalue weighted by atomic mass is 9.72. The van der Waals surface area contributed by atoms with Crippen LogP contribution in [0.5, 0.6) is 0 Å². The van der Waals surface area contributed by atoms with Crippen molar-refractivity contribution >= 4 is 22.3 Å². The monoisotopic (exact) mass is 417 g/mol. The van der Waals surface area contributed by atoms with Crippen molar-refractivity contribution in [1.82, 2.24) is 25.3 Å². The fourth-order valence-corrected chi connectivity index (χ4v) is 5.46.